The number of carbonyl (C=O) groups excluding carboxylic acids is 2. The maximum absolute atomic E-state index is 12.0. The molecule has 0 spiro atoms. The highest BCUT2D eigenvalue weighted by Crippen LogP contribution is 2.18. The minimum Gasteiger partial charge on any atom is -0.410 e. The molecule has 0 aromatic heterocycles. The zero-order valence-corrected chi connectivity index (χ0v) is 15.9. The number of urea groups is 1. The smallest absolute Gasteiger partial charge is 0.410 e. The largest absolute Gasteiger partial charge is 0.417 e. The SMILES string of the molecule is O=C(Nc1ccc(Cl)cc1)Nc1ccc(OC(=O)Nc2ccc(Cl)cc2)cc1. The van der Waals surface area contributed by atoms with Crippen LogP contribution in [0, 0.1) is 0 Å². The Hall–Kier alpha value is -3.22. The van der Waals surface area contributed by atoms with E-state index >= 15 is 0 Å². The van der Waals surface area contributed by atoms with E-state index in [0.717, 1.165) is 0 Å². The second kappa shape index (κ2) is 9.12. The minimum absolute atomic E-state index is 0.329. The van der Waals surface area contributed by atoms with Crippen molar-refractivity contribution < 1.29 is 14.3 Å². The Morgan fingerprint density at radius 2 is 1.00 bits per heavy atom. The summed E-state index contributed by atoms with van der Waals surface area (Å²) in [6.07, 6.45) is -0.636. The predicted octanol–water partition coefficient (Wildman–Crippen LogP) is 6.25. The molecule has 0 aliphatic carbocycles. The molecule has 3 amide bonds. The third-order valence-corrected chi connectivity index (χ3v) is 4.02. The molecule has 3 rings (SSSR count). The fourth-order valence-corrected chi connectivity index (χ4v) is 2.47. The molecule has 142 valence electrons. The van der Waals surface area contributed by atoms with Gasteiger partial charge in [-0.3, -0.25) is 5.32 Å². The Kier molecular flexibility index (Phi) is 6.37. The summed E-state index contributed by atoms with van der Waals surface area (Å²) in [5.74, 6) is 0.329. The number of ether oxygens (including phenoxy) is 1. The highest BCUT2D eigenvalue weighted by Gasteiger charge is 2.07. The molecular formula is C20H15Cl2N3O3. The zero-order chi connectivity index (χ0) is 19.9. The second-order valence-corrected chi connectivity index (χ2v) is 6.50. The highest BCUT2D eigenvalue weighted by atomic mass is 35.5. The van der Waals surface area contributed by atoms with Crippen molar-refractivity contribution in [2.45, 2.75) is 0 Å². The van der Waals surface area contributed by atoms with Gasteiger partial charge in [0.05, 0.1) is 0 Å². The zero-order valence-electron chi connectivity index (χ0n) is 14.4. The van der Waals surface area contributed by atoms with Crippen molar-refractivity contribution in [2.24, 2.45) is 0 Å². The Bertz CT molecular complexity index is 879. The first-order valence-corrected chi connectivity index (χ1v) is 8.91. The van der Waals surface area contributed by atoms with Gasteiger partial charge in [0.1, 0.15) is 5.75 Å². The van der Waals surface area contributed by atoms with Crippen molar-refractivity contribution in [3.05, 3.63) is 82.8 Å². The van der Waals surface area contributed by atoms with Gasteiger partial charge in [0, 0.05) is 27.1 Å². The van der Waals surface area contributed by atoms with Crippen molar-refractivity contribution in [3.63, 3.8) is 0 Å². The second-order valence-electron chi connectivity index (χ2n) is 5.63. The standard InChI is InChI=1S/C20H15Cl2N3O3/c21-13-1-5-15(6-2-13)23-19(26)24-16-9-11-18(12-10-16)28-20(27)25-17-7-3-14(22)4-8-17/h1-12H,(H,25,27)(H2,23,24,26). The van der Waals surface area contributed by atoms with Crippen molar-refractivity contribution in [2.75, 3.05) is 16.0 Å². The quantitative estimate of drug-likeness (QED) is 0.471. The molecule has 0 heterocycles. The molecule has 0 fully saturated rings. The van der Waals surface area contributed by atoms with Crippen LogP contribution >= 0.6 is 23.2 Å². The third kappa shape index (κ3) is 5.90. The molecule has 0 aliphatic rings. The molecule has 0 saturated heterocycles. The lowest BCUT2D eigenvalue weighted by Crippen LogP contribution is -2.19. The normalized spacial score (nSPS) is 10.1. The summed E-state index contributed by atoms with van der Waals surface area (Å²) in [5.41, 5.74) is 1.71. The number of carbonyl (C=O) groups is 2. The Labute approximate surface area is 171 Å². The fourth-order valence-electron chi connectivity index (χ4n) is 2.22. The number of amides is 3. The topological polar surface area (TPSA) is 79.5 Å². The van der Waals surface area contributed by atoms with E-state index in [9.17, 15) is 9.59 Å². The van der Waals surface area contributed by atoms with Gasteiger partial charge in [0.2, 0.25) is 0 Å². The van der Waals surface area contributed by atoms with Crippen molar-refractivity contribution in [3.8, 4) is 5.75 Å². The molecule has 0 atom stereocenters. The van der Waals surface area contributed by atoms with E-state index in [1.807, 2.05) is 0 Å². The van der Waals surface area contributed by atoms with E-state index in [2.05, 4.69) is 16.0 Å². The lowest BCUT2D eigenvalue weighted by atomic mass is 10.3. The Morgan fingerprint density at radius 3 is 1.46 bits per heavy atom. The fraction of sp³-hybridized carbons (Fsp3) is 0. The summed E-state index contributed by atoms with van der Waals surface area (Å²) in [6.45, 7) is 0. The maximum atomic E-state index is 12.0. The maximum Gasteiger partial charge on any atom is 0.417 e. The lowest BCUT2D eigenvalue weighted by molar-refractivity contribution is 0.215. The summed E-state index contributed by atoms with van der Waals surface area (Å²) < 4.78 is 5.19. The molecule has 0 saturated carbocycles. The van der Waals surface area contributed by atoms with Crippen LogP contribution in [0.15, 0.2) is 72.8 Å². The van der Waals surface area contributed by atoms with Crippen molar-refractivity contribution >= 4 is 52.4 Å². The first kappa shape index (κ1) is 19.5. The molecule has 0 aliphatic heterocycles. The van der Waals surface area contributed by atoms with Gasteiger partial charge >= 0.3 is 12.1 Å². The van der Waals surface area contributed by atoms with Gasteiger partial charge in [0.15, 0.2) is 0 Å². The summed E-state index contributed by atoms with van der Waals surface area (Å²) in [4.78, 5) is 23.9. The molecule has 3 aromatic rings. The van der Waals surface area contributed by atoms with Gasteiger partial charge in [-0.25, -0.2) is 9.59 Å². The van der Waals surface area contributed by atoms with Crippen LogP contribution in [0.2, 0.25) is 10.0 Å². The molecule has 3 aromatic carbocycles. The molecule has 28 heavy (non-hydrogen) atoms. The molecular weight excluding hydrogens is 401 g/mol. The van der Waals surface area contributed by atoms with E-state index < -0.39 is 12.1 Å². The van der Waals surface area contributed by atoms with Gasteiger partial charge in [-0.15, -0.1) is 0 Å². The highest BCUT2D eigenvalue weighted by molar-refractivity contribution is 6.31. The number of hydrogen-bond acceptors (Lipinski definition) is 3. The van der Waals surface area contributed by atoms with Crippen LogP contribution in [0.25, 0.3) is 0 Å². The van der Waals surface area contributed by atoms with Gasteiger partial charge in [0.25, 0.3) is 0 Å². The van der Waals surface area contributed by atoms with Crippen LogP contribution in [0.1, 0.15) is 0 Å². The first-order chi connectivity index (χ1) is 13.5. The average molecular weight is 416 g/mol. The molecule has 3 N–H and O–H groups in total. The van der Waals surface area contributed by atoms with Gasteiger partial charge < -0.3 is 15.4 Å². The summed E-state index contributed by atoms with van der Waals surface area (Å²) in [6, 6.07) is 19.4. The molecule has 0 unspecified atom stereocenters. The number of halogens is 2. The Balaban J connectivity index is 1.51. The van der Waals surface area contributed by atoms with Crippen molar-refractivity contribution in [1.82, 2.24) is 0 Å². The van der Waals surface area contributed by atoms with E-state index in [-0.39, 0.29) is 0 Å². The predicted molar refractivity (Wildman–Crippen MR) is 112 cm³/mol. The van der Waals surface area contributed by atoms with Gasteiger partial charge in [-0.1, -0.05) is 23.2 Å². The summed E-state index contributed by atoms with van der Waals surface area (Å²) >= 11 is 11.6. The minimum atomic E-state index is -0.636. The van der Waals surface area contributed by atoms with Crippen molar-refractivity contribution in [1.29, 1.82) is 0 Å². The number of rotatable bonds is 4. The summed E-state index contributed by atoms with van der Waals surface area (Å²) in [5, 5.41) is 9.10. The molecule has 0 bridgehead atoms. The number of hydrogen-bond donors (Lipinski definition) is 3. The monoisotopic (exact) mass is 415 g/mol. The van der Waals surface area contributed by atoms with E-state index in [4.69, 9.17) is 27.9 Å². The van der Waals surface area contributed by atoms with Crippen LogP contribution in [0.5, 0.6) is 5.75 Å². The van der Waals surface area contributed by atoms with E-state index in [1.54, 1.807) is 72.8 Å². The van der Waals surface area contributed by atoms with Crippen LogP contribution < -0.4 is 20.7 Å². The van der Waals surface area contributed by atoms with Crippen LogP contribution in [0.4, 0.5) is 26.7 Å². The Morgan fingerprint density at radius 1 is 0.607 bits per heavy atom. The average Bonchev–Trinajstić information content (AvgIpc) is 2.67. The molecule has 6 nitrogen and oxygen atoms in total. The summed E-state index contributed by atoms with van der Waals surface area (Å²) in [7, 11) is 0. The lowest BCUT2D eigenvalue weighted by Gasteiger charge is -2.09. The van der Waals surface area contributed by atoms with E-state index in [0.29, 0.717) is 32.9 Å². The third-order valence-electron chi connectivity index (χ3n) is 3.52. The van der Waals surface area contributed by atoms with Crippen LogP contribution in [0.3, 0.4) is 0 Å². The number of benzene rings is 3. The molecule has 8 heteroatoms. The first-order valence-electron chi connectivity index (χ1n) is 8.16. The van der Waals surface area contributed by atoms with Crippen LogP contribution in [-0.2, 0) is 0 Å². The van der Waals surface area contributed by atoms with Crippen LogP contribution in [-0.4, -0.2) is 12.1 Å². The van der Waals surface area contributed by atoms with Gasteiger partial charge in [-0.2, -0.15) is 0 Å². The van der Waals surface area contributed by atoms with Gasteiger partial charge in [-0.05, 0) is 72.8 Å². The molecule has 0 radical (unpaired) electrons. The number of anilines is 3. The number of nitrogens with one attached hydrogen (secondary N) is 3. The van der Waals surface area contributed by atoms with E-state index in [1.165, 1.54) is 0 Å².